The summed E-state index contributed by atoms with van der Waals surface area (Å²) in [6, 6.07) is 9.98. The van der Waals surface area contributed by atoms with Crippen molar-refractivity contribution in [2.24, 2.45) is 0 Å². The fourth-order valence-electron chi connectivity index (χ4n) is 1.99. The predicted octanol–water partition coefficient (Wildman–Crippen LogP) is 2.27. The molecule has 0 spiro atoms. The Bertz CT molecular complexity index is 691. The molecular weight excluding hydrogens is 346 g/mol. The number of hydrogen-bond donors (Lipinski definition) is 2. The van der Waals surface area contributed by atoms with Gasteiger partial charge in [0.2, 0.25) is 5.91 Å². The van der Waals surface area contributed by atoms with Gasteiger partial charge in [0.05, 0.1) is 19.4 Å². The van der Waals surface area contributed by atoms with E-state index >= 15 is 0 Å². The molecule has 0 aliphatic heterocycles. The van der Waals surface area contributed by atoms with E-state index in [1.165, 1.54) is 6.26 Å². The second-order valence-corrected chi connectivity index (χ2v) is 5.79. The summed E-state index contributed by atoms with van der Waals surface area (Å²) in [5, 5.41) is 5.40. The SMILES string of the molecule is CN(CCOc1cccc(Cl)c1)CC(=O)NC(=O)NCc1ccco1. The molecule has 2 N–H and O–H groups in total. The number of furan rings is 1. The van der Waals surface area contributed by atoms with Gasteiger partial charge in [0, 0.05) is 11.6 Å². The van der Waals surface area contributed by atoms with Crippen LogP contribution in [0.1, 0.15) is 5.76 Å². The Morgan fingerprint density at radius 2 is 2.12 bits per heavy atom. The summed E-state index contributed by atoms with van der Waals surface area (Å²) >= 11 is 5.87. The van der Waals surface area contributed by atoms with E-state index in [-0.39, 0.29) is 13.1 Å². The Morgan fingerprint density at radius 1 is 1.28 bits per heavy atom. The van der Waals surface area contributed by atoms with E-state index < -0.39 is 11.9 Å². The number of urea groups is 1. The number of amides is 3. The molecule has 0 fully saturated rings. The van der Waals surface area contributed by atoms with Gasteiger partial charge in [-0.25, -0.2) is 4.79 Å². The molecule has 3 amide bonds. The standard InChI is InChI=1S/C17H20ClN3O4/c1-21(7-9-25-14-5-2-4-13(18)10-14)12-16(22)20-17(23)19-11-15-6-3-8-24-15/h2-6,8,10H,7,9,11-12H2,1H3,(H2,19,20,22,23). The molecule has 2 rings (SSSR count). The minimum absolute atomic E-state index is 0.0765. The fraction of sp³-hybridized carbons (Fsp3) is 0.294. The number of carbonyl (C=O) groups is 2. The van der Waals surface area contributed by atoms with Crippen LogP contribution in [0.2, 0.25) is 5.02 Å². The maximum Gasteiger partial charge on any atom is 0.321 e. The number of nitrogens with zero attached hydrogens (tertiary/aromatic N) is 1. The lowest BCUT2D eigenvalue weighted by molar-refractivity contribution is -0.120. The molecule has 0 radical (unpaired) electrons. The largest absolute Gasteiger partial charge is 0.492 e. The predicted molar refractivity (Wildman–Crippen MR) is 93.5 cm³/mol. The Labute approximate surface area is 150 Å². The third-order valence-electron chi connectivity index (χ3n) is 3.21. The highest BCUT2D eigenvalue weighted by Gasteiger charge is 2.10. The third-order valence-corrected chi connectivity index (χ3v) is 3.44. The van der Waals surface area contributed by atoms with Crippen molar-refractivity contribution < 1.29 is 18.7 Å². The smallest absolute Gasteiger partial charge is 0.321 e. The van der Waals surface area contributed by atoms with Crippen LogP contribution in [0.3, 0.4) is 0 Å². The maximum absolute atomic E-state index is 11.8. The summed E-state index contributed by atoms with van der Waals surface area (Å²) in [4.78, 5) is 25.2. The van der Waals surface area contributed by atoms with Crippen molar-refractivity contribution in [3.63, 3.8) is 0 Å². The molecular formula is C17H20ClN3O4. The average Bonchev–Trinajstić information content (AvgIpc) is 3.06. The van der Waals surface area contributed by atoms with Gasteiger partial charge in [-0.3, -0.25) is 15.0 Å². The van der Waals surface area contributed by atoms with Gasteiger partial charge in [0.15, 0.2) is 0 Å². The van der Waals surface area contributed by atoms with E-state index in [2.05, 4.69) is 10.6 Å². The van der Waals surface area contributed by atoms with Crippen molar-refractivity contribution in [3.05, 3.63) is 53.4 Å². The van der Waals surface area contributed by atoms with Crippen molar-refractivity contribution in [3.8, 4) is 5.75 Å². The molecule has 8 heteroatoms. The number of hydrogen-bond acceptors (Lipinski definition) is 5. The molecule has 25 heavy (non-hydrogen) atoms. The van der Waals surface area contributed by atoms with Crippen molar-refractivity contribution in [2.75, 3.05) is 26.7 Å². The van der Waals surface area contributed by atoms with Gasteiger partial charge >= 0.3 is 6.03 Å². The number of halogens is 1. The molecule has 0 saturated carbocycles. The lowest BCUT2D eigenvalue weighted by Gasteiger charge is -2.16. The summed E-state index contributed by atoms with van der Waals surface area (Å²) < 4.78 is 10.6. The van der Waals surface area contributed by atoms with Crippen LogP contribution in [0.25, 0.3) is 0 Å². The van der Waals surface area contributed by atoms with Crippen LogP contribution in [0.4, 0.5) is 4.79 Å². The van der Waals surface area contributed by atoms with E-state index in [0.717, 1.165) is 0 Å². The van der Waals surface area contributed by atoms with Crippen LogP contribution in [-0.2, 0) is 11.3 Å². The first-order valence-electron chi connectivity index (χ1n) is 7.70. The quantitative estimate of drug-likeness (QED) is 0.749. The van der Waals surface area contributed by atoms with Gasteiger partial charge in [0.1, 0.15) is 18.1 Å². The van der Waals surface area contributed by atoms with Crippen LogP contribution in [-0.4, -0.2) is 43.6 Å². The molecule has 2 aromatic rings. The first-order chi connectivity index (χ1) is 12.0. The van der Waals surface area contributed by atoms with Gasteiger partial charge in [-0.2, -0.15) is 0 Å². The van der Waals surface area contributed by atoms with Crippen molar-refractivity contribution in [2.45, 2.75) is 6.54 Å². The topological polar surface area (TPSA) is 83.8 Å². The van der Waals surface area contributed by atoms with Crippen LogP contribution in [0, 0.1) is 0 Å². The number of imide groups is 1. The van der Waals surface area contributed by atoms with Gasteiger partial charge < -0.3 is 14.5 Å². The summed E-state index contributed by atoms with van der Waals surface area (Å²) in [7, 11) is 1.77. The summed E-state index contributed by atoms with van der Waals surface area (Å²) in [6.45, 7) is 1.21. The highest BCUT2D eigenvalue weighted by molar-refractivity contribution is 6.30. The zero-order chi connectivity index (χ0) is 18.1. The monoisotopic (exact) mass is 365 g/mol. The number of likely N-dealkylation sites (N-methyl/N-ethyl adjacent to an activating group) is 1. The Morgan fingerprint density at radius 3 is 2.84 bits per heavy atom. The normalized spacial score (nSPS) is 10.5. The summed E-state index contributed by atoms with van der Waals surface area (Å²) in [5.74, 6) is 0.878. The van der Waals surface area contributed by atoms with Gasteiger partial charge in [0.25, 0.3) is 0 Å². The van der Waals surface area contributed by atoms with Crippen LogP contribution >= 0.6 is 11.6 Å². The number of benzene rings is 1. The van der Waals surface area contributed by atoms with Gasteiger partial charge in [-0.15, -0.1) is 0 Å². The van der Waals surface area contributed by atoms with E-state index in [1.807, 2.05) is 6.07 Å². The molecule has 0 saturated heterocycles. The summed E-state index contributed by atoms with van der Waals surface area (Å²) in [6.07, 6.45) is 1.51. The fourth-order valence-corrected chi connectivity index (χ4v) is 2.17. The second-order valence-electron chi connectivity index (χ2n) is 5.35. The number of rotatable bonds is 8. The van der Waals surface area contributed by atoms with Crippen molar-refractivity contribution in [1.29, 1.82) is 0 Å². The molecule has 1 aromatic heterocycles. The second kappa shape index (κ2) is 9.71. The lowest BCUT2D eigenvalue weighted by Crippen LogP contribution is -2.44. The molecule has 0 bridgehead atoms. The summed E-state index contributed by atoms with van der Waals surface area (Å²) in [5.41, 5.74) is 0. The molecule has 0 unspecified atom stereocenters. The Hall–Kier alpha value is -2.51. The first-order valence-corrected chi connectivity index (χ1v) is 8.07. The zero-order valence-corrected chi connectivity index (χ0v) is 14.6. The minimum atomic E-state index is -0.565. The maximum atomic E-state index is 11.8. The molecule has 1 heterocycles. The molecule has 1 aromatic carbocycles. The Balaban J connectivity index is 1.61. The van der Waals surface area contributed by atoms with Crippen LogP contribution < -0.4 is 15.4 Å². The van der Waals surface area contributed by atoms with Crippen LogP contribution in [0.5, 0.6) is 5.75 Å². The molecule has 0 atom stereocenters. The van der Waals surface area contributed by atoms with Crippen molar-refractivity contribution in [1.82, 2.24) is 15.5 Å². The molecule has 7 nitrogen and oxygen atoms in total. The average molecular weight is 366 g/mol. The van der Waals surface area contributed by atoms with Gasteiger partial charge in [-0.1, -0.05) is 17.7 Å². The zero-order valence-electron chi connectivity index (χ0n) is 13.8. The number of carbonyl (C=O) groups excluding carboxylic acids is 2. The van der Waals surface area contributed by atoms with Crippen molar-refractivity contribution >= 4 is 23.5 Å². The first kappa shape index (κ1) is 18.8. The third kappa shape index (κ3) is 7.28. The number of nitrogens with one attached hydrogen (secondary N) is 2. The van der Waals surface area contributed by atoms with E-state index in [1.54, 1.807) is 42.3 Å². The highest BCUT2D eigenvalue weighted by atomic mass is 35.5. The highest BCUT2D eigenvalue weighted by Crippen LogP contribution is 2.16. The van der Waals surface area contributed by atoms with E-state index in [4.69, 9.17) is 20.8 Å². The number of ether oxygens (including phenoxy) is 1. The van der Waals surface area contributed by atoms with E-state index in [0.29, 0.717) is 29.7 Å². The molecule has 0 aliphatic rings. The minimum Gasteiger partial charge on any atom is -0.492 e. The van der Waals surface area contributed by atoms with Gasteiger partial charge in [-0.05, 0) is 37.4 Å². The van der Waals surface area contributed by atoms with E-state index in [9.17, 15) is 9.59 Å². The molecule has 0 aliphatic carbocycles. The Kier molecular flexibility index (Phi) is 7.31. The lowest BCUT2D eigenvalue weighted by atomic mass is 10.3. The molecule has 134 valence electrons. The van der Waals surface area contributed by atoms with Crippen LogP contribution in [0.15, 0.2) is 47.1 Å².